The molecule has 3 amide bonds. The molecule has 2 aromatic carbocycles. The van der Waals surface area contributed by atoms with E-state index in [1.807, 2.05) is 50.2 Å². The second-order valence-corrected chi connectivity index (χ2v) is 7.78. The first-order valence-corrected chi connectivity index (χ1v) is 10.3. The molecule has 0 bridgehead atoms. The molecule has 0 saturated carbocycles. The number of hydrogen-bond acceptors (Lipinski definition) is 5. The van der Waals surface area contributed by atoms with Crippen LogP contribution in [-0.4, -0.2) is 43.1 Å². The van der Waals surface area contributed by atoms with E-state index in [2.05, 4.69) is 15.5 Å². The molecule has 7 nitrogen and oxygen atoms in total. The fraction of sp³-hybridized carbons (Fsp3) is 0.391. The quantitative estimate of drug-likeness (QED) is 0.807. The van der Waals surface area contributed by atoms with Gasteiger partial charge in [0, 0.05) is 11.7 Å². The predicted molar refractivity (Wildman–Crippen MR) is 114 cm³/mol. The Hall–Kier alpha value is -3.06. The SMILES string of the molecule is Cc1cccc(NC(=O)NC(=O)CN2CCCC2c2ccc3c(c2)OCCO3)c1C. The Morgan fingerprint density at radius 1 is 1.10 bits per heavy atom. The summed E-state index contributed by atoms with van der Waals surface area (Å²) < 4.78 is 11.3. The lowest BCUT2D eigenvalue weighted by molar-refractivity contribution is -0.121. The van der Waals surface area contributed by atoms with Crippen molar-refractivity contribution in [2.45, 2.75) is 32.7 Å². The Morgan fingerprint density at radius 2 is 1.90 bits per heavy atom. The molecule has 1 unspecified atom stereocenters. The molecule has 0 aromatic heterocycles. The summed E-state index contributed by atoms with van der Waals surface area (Å²) in [5, 5.41) is 5.21. The van der Waals surface area contributed by atoms with Crippen LogP contribution < -0.4 is 20.1 Å². The van der Waals surface area contributed by atoms with Gasteiger partial charge in [0.1, 0.15) is 13.2 Å². The molecule has 0 spiro atoms. The number of imide groups is 1. The Bertz CT molecular complexity index is 959. The normalized spacial score (nSPS) is 18.1. The summed E-state index contributed by atoms with van der Waals surface area (Å²) in [6.07, 6.45) is 1.96. The summed E-state index contributed by atoms with van der Waals surface area (Å²) in [5.41, 5.74) is 3.87. The minimum absolute atomic E-state index is 0.119. The van der Waals surface area contributed by atoms with Crippen molar-refractivity contribution in [1.29, 1.82) is 0 Å². The summed E-state index contributed by atoms with van der Waals surface area (Å²) in [7, 11) is 0. The number of carbonyl (C=O) groups is 2. The van der Waals surface area contributed by atoms with Gasteiger partial charge in [-0.3, -0.25) is 15.0 Å². The van der Waals surface area contributed by atoms with Crippen LogP contribution in [0.4, 0.5) is 10.5 Å². The summed E-state index contributed by atoms with van der Waals surface area (Å²) in [4.78, 5) is 26.9. The molecule has 2 aliphatic heterocycles. The van der Waals surface area contributed by atoms with Crippen molar-refractivity contribution in [2.75, 3.05) is 31.6 Å². The van der Waals surface area contributed by atoms with Crippen molar-refractivity contribution < 1.29 is 19.1 Å². The zero-order valence-corrected chi connectivity index (χ0v) is 17.4. The number of nitrogens with one attached hydrogen (secondary N) is 2. The average molecular weight is 409 g/mol. The van der Waals surface area contributed by atoms with Crippen LogP contribution in [-0.2, 0) is 4.79 Å². The monoisotopic (exact) mass is 409 g/mol. The van der Waals surface area contributed by atoms with Gasteiger partial charge >= 0.3 is 6.03 Å². The molecule has 1 saturated heterocycles. The first-order chi connectivity index (χ1) is 14.5. The van der Waals surface area contributed by atoms with Crippen LogP contribution in [0.2, 0.25) is 0 Å². The van der Waals surface area contributed by atoms with Gasteiger partial charge in [-0.05, 0) is 68.1 Å². The number of anilines is 1. The van der Waals surface area contributed by atoms with Crippen LogP contribution in [0.3, 0.4) is 0 Å². The fourth-order valence-corrected chi connectivity index (χ4v) is 4.05. The number of benzene rings is 2. The molecular formula is C23H27N3O4. The third kappa shape index (κ3) is 4.41. The van der Waals surface area contributed by atoms with Crippen LogP contribution in [0.1, 0.15) is 35.6 Å². The summed E-state index contributed by atoms with van der Waals surface area (Å²) in [5.74, 6) is 1.20. The Balaban J connectivity index is 1.36. The Labute approximate surface area is 176 Å². The Kier molecular flexibility index (Phi) is 5.90. The maximum absolute atomic E-state index is 12.5. The lowest BCUT2D eigenvalue weighted by atomic mass is 10.0. The second-order valence-electron chi connectivity index (χ2n) is 7.78. The molecule has 2 aromatic rings. The third-order valence-electron chi connectivity index (χ3n) is 5.77. The average Bonchev–Trinajstić information content (AvgIpc) is 3.19. The number of fused-ring (bicyclic) bond motifs is 1. The lowest BCUT2D eigenvalue weighted by Gasteiger charge is -2.26. The smallest absolute Gasteiger partial charge is 0.325 e. The maximum Gasteiger partial charge on any atom is 0.325 e. The van der Waals surface area contributed by atoms with Crippen molar-refractivity contribution in [3.05, 3.63) is 53.1 Å². The van der Waals surface area contributed by atoms with E-state index in [0.29, 0.717) is 18.9 Å². The van der Waals surface area contributed by atoms with Gasteiger partial charge < -0.3 is 14.8 Å². The van der Waals surface area contributed by atoms with E-state index in [9.17, 15) is 9.59 Å². The number of hydrogen-bond donors (Lipinski definition) is 2. The molecule has 2 heterocycles. The number of amides is 3. The first kappa shape index (κ1) is 20.2. The van der Waals surface area contributed by atoms with E-state index in [1.54, 1.807) is 0 Å². The van der Waals surface area contributed by atoms with Crippen molar-refractivity contribution >= 4 is 17.6 Å². The van der Waals surface area contributed by atoms with Crippen molar-refractivity contribution in [1.82, 2.24) is 10.2 Å². The second kappa shape index (κ2) is 8.75. The highest BCUT2D eigenvalue weighted by molar-refractivity contribution is 6.02. The lowest BCUT2D eigenvalue weighted by Crippen LogP contribution is -2.41. The van der Waals surface area contributed by atoms with Gasteiger partial charge in [0.25, 0.3) is 0 Å². The molecule has 7 heteroatoms. The molecule has 1 atom stereocenters. The molecular weight excluding hydrogens is 382 g/mol. The van der Waals surface area contributed by atoms with E-state index in [4.69, 9.17) is 9.47 Å². The summed E-state index contributed by atoms with van der Waals surface area (Å²) in [6.45, 7) is 6.00. The Morgan fingerprint density at radius 3 is 2.73 bits per heavy atom. The largest absolute Gasteiger partial charge is 0.486 e. The topological polar surface area (TPSA) is 79.9 Å². The number of rotatable bonds is 4. The molecule has 0 aliphatic carbocycles. The highest BCUT2D eigenvalue weighted by atomic mass is 16.6. The van der Waals surface area contributed by atoms with E-state index < -0.39 is 6.03 Å². The van der Waals surface area contributed by atoms with Gasteiger partial charge in [-0.1, -0.05) is 18.2 Å². The van der Waals surface area contributed by atoms with Crippen molar-refractivity contribution in [2.24, 2.45) is 0 Å². The number of nitrogens with zero attached hydrogens (tertiary/aromatic N) is 1. The minimum Gasteiger partial charge on any atom is -0.486 e. The number of urea groups is 1. The highest BCUT2D eigenvalue weighted by Gasteiger charge is 2.29. The molecule has 158 valence electrons. The van der Waals surface area contributed by atoms with E-state index in [0.717, 1.165) is 47.6 Å². The molecule has 1 fully saturated rings. The highest BCUT2D eigenvalue weighted by Crippen LogP contribution is 2.37. The molecule has 30 heavy (non-hydrogen) atoms. The van der Waals surface area contributed by atoms with Crippen molar-refractivity contribution in [3.63, 3.8) is 0 Å². The maximum atomic E-state index is 12.5. The van der Waals surface area contributed by atoms with Gasteiger partial charge in [-0.2, -0.15) is 0 Å². The number of ether oxygens (including phenoxy) is 2. The van der Waals surface area contributed by atoms with E-state index in [1.165, 1.54) is 0 Å². The van der Waals surface area contributed by atoms with Crippen molar-refractivity contribution in [3.8, 4) is 11.5 Å². The molecule has 2 N–H and O–H groups in total. The van der Waals surface area contributed by atoms with Gasteiger partial charge in [0.2, 0.25) is 5.91 Å². The number of likely N-dealkylation sites (tertiary alicyclic amines) is 1. The molecule has 2 aliphatic rings. The van der Waals surface area contributed by atoms with Gasteiger partial charge in [-0.15, -0.1) is 0 Å². The van der Waals surface area contributed by atoms with Gasteiger partial charge in [-0.25, -0.2) is 4.79 Å². The molecule has 0 radical (unpaired) electrons. The zero-order valence-electron chi connectivity index (χ0n) is 17.4. The van der Waals surface area contributed by atoms with Crippen LogP contribution >= 0.6 is 0 Å². The van der Waals surface area contributed by atoms with Gasteiger partial charge in [0.05, 0.1) is 6.54 Å². The third-order valence-corrected chi connectivity index (χ3v) is 5.77. The first-order valence-electron chi connectivity index (χ1n) is 10.3. The van der Waals surface area contributed by atoms with Crippen LogP contribution in [0, 0.1) is 13.8 Å². The van der Waals surface area contributed by atoms with E-state index in [-0.39, 0.29) is 18.5 Å². The fourth-order valence-electron chi connectivity index (χ4n) is 4.05. The van der Waals surface area contributed by atoms with Crippen LogP contribution in [0.15, 0.2) is 36.4 Å². The number of carbonyl (C=O) groups excluding carboxylic acids is 2. The van der Waals surface area contributed by atoms with Crippen LogP contribution in [0.25, 0.3) is 0 Å². The summed E-state index contributed by atoms with van der Waals surface area (Å²) in [6, 6.07) is 11.3. The molecule has 4 rings (SSSR count). The van der Waals surface area contributed by atoms with E-state index >= 15 is 0 Å². The summed E-state index contributed by atoms with van der Waals surface area (Å²) >= 11 is 0. The number of aryl methyl sites for hydroxylation is 1. The minimum atomic E-state index is -0.510. The zero-order chi connectivity index (χ0) is 21.1. The predicted octanol–water partition coefficient (Wildman–Crippen LogP) is 3.56. The standard InChI is InChI=1S/C23H27N3O4/c1-15-5-3-6-18(16(15)2)24-23(28)25-22(27)14-26-10-4-7-19(26)17-8-9-20-21(13-17)30-12-11-29-20/h3,5-6,8-9,13,19H,4,7,10-12,14H2,1-2H3,(H2,24,25,27,28). The van der Waals surface area contributed by atoms with Crippen LogP contribution in [0.5, 0.6) is 11.5 Å². The van der Waals surface area contributed by atoms with Gasteiger partial charge in [0.15, 0.2) is 11.5 Å².